The monoisotopic (exact) mass is 463 g/mol. The van der Waals surface area contributed by atoms with E-state index in [1.807, 2.05) is 60.2 Å². The fraction of sp³-hybridized carbons (Fsp3) is 0.130. The van der Waals surface area contributed by atoms with E-state index in [-0.39, 0.29) is 11.1 Å². The molecule has 1 atom stereocenters. The molecule has 0 radical (unpaired) electrons. The van der Waals surface area contributed by atoms with E-state index in [9.17, 15) is 4.39 Å². The Hall–Kier alpha value is -3.30. The molecule has 160 valence electrons. The Morgan fingerprint density at radius 2 is 1.78 bits per heavy atom. The zero-order chi connectivity index (χ0) is 22.1. The predicted molar refractivity (Wildman–Crippen MR) is 123 cm³/mol. The lowest BCUT2D eigenvalue weighted by Gasteiger charge is -2.12. The smallest absolute Gasteiger partial charge is 0.257 e. The highest BCUT2D eigenvalue weighted by molar-refractivity contribution is 7.99. The summed E-state index contributed by atoms with van der Waals surface area (Å²) in [5.74, 6) is 1.07. The molecule has 32 heavy (non-hydrogen) atoms. The van der Waals surface area contributed by atoms with Gasteiger partial charge in [-0.2, -0.15) is 0 Å². The predicted octanol–water partition coefficient (Wildman–Crippen LogP) is 6.35. The second kappa shape index (κ2) is 8.68. The molecule has 0 saturated heterocycles. The SMILES string of the molecule is Cc1ccc(-n2c(SC(C)c3nnc(-c4cccs4)o3)nnc2-c2ccccc2F)cc1. The van der Waals surface area contributed by atoms with Gasteiger partial charge in [-0.25, -0.2) is 4.39 Å². The summed E-state index contributed by atoms with van der Waals surface area (Å²) in [7, 11) is 0. The van der Waals surface area contributed by atoms with Crippen LogP contribution in [0.2, 0.25) is 0 Å². The fourth-order valence-electron chi connectivity index (χ4n) is 3.20. The second-order valence-electron chi connectivity index (χ2n) is 7.14. The quantitative estimate of drug-likeness (QED) is 0.273. The van der Waals surface area contributed by atoms with Crippen molar-refractivity contribution in [3.63, 3.8) is 0 Å². The summed E-state index contributed by atoms with van der Waals surface area (Å²) < 4.78 is 22.3. The Kier molecular flexibility index (Phi) is 5.59. The summed E-state index contributed by atoms with van der Waals surface area (Å²) in [6.45, 7) is 3.99. The van der Waals surface area contributed by atoms with E-state index in [1.165, 1.54) is 17.8 Å². The first-order chi connectivity index (χ1) is 15.6. The summed E-state index contributed by atoms with van der Waals surface area (Å²) in [5.41, 5.74) is 2.36. The van der Waals surface area contributed by atoms with E-state index < -0.39 is 0 Å². The molecule has 0 aliphatic rings. The van der Waals surface area contributed by atoms with Gasteiger partial charge in [0, 0.05) is 5.69 Å². The number of hydrogen-bond donors (Lipinski definition) is 0. The van der Waals surface area contributed by atoms with Gasteiger partial charge in [-0.1, -0.05) is 47.7 Å². The van der Waals surface area contributed by atoms with E-state index in [0.717, 1.165) is 16.1 Å². The van der Waals surface area contributed by atoms with E-state index in [2.05, 4.69) is 20.4 Å². The van der Waals surface area contributed by atoms with Crippen molar-refractivity contribution < 1.29 is 8.81 Å². The highest BCUT2D eigenvalue weighted by atomic mass is 32.2. The van der Waals surface area contributed by atoms with Crippen molar-refractivity contribution in [2.75, 3.05) is 0 Å². The highest BCUT2D eigenvalue weighted by Crippen LogP contribution is 2.38. The van der Waals surface area contributed by atoms with E-state index >= 15 is 0 Å². The van der Waals surface area contributed by atoms with Crippen LogP contribution in [0.4, 0.5) is 4.39 Å². The number of hydrogen-bond acceptors (Lipinski definition) is 7. The van der Waals surface area contributed by atoms with Crippen LogP contribution in [0, 0.1) is 12.7 Å². The maximum Gasteiger partial charge on any atom is 0.257 e. The molecule has 5 aromatic rings. The molecule has 0 N–H and O–H groups in total. The van der Waals surface area contributed by atoms with Crippen LogP contribution in [0.1, 0.15) is 23.6 Å². The first-order valence-electron chi connectivity index (χ1n) is 9.91. The van der Waals surface area contributed by atoms with Crippen LogP contribution in [0.5, 0.6) is 0 Å². The Morgan fingerprint density at radius 3 is 2.53 bits per heavy atom. The van der Waals surface area contributed by atoms with Gasteiger partial charge >= 0.3 is 0 Å². The second-order valence-corrected chi connectivity index (χ2v) is 9.40. The van der Waals surface area contributed by atoms with Crippen LogP contribution in [-0.4, -0.2) is 25.0 Å². The van der Waals surface area contributed by atoms with Gasteiger partial charge in [-0.15, -0.1) is 31.7 Å². The maximum atomic E-state index is 14.6. The van der Waals surface area contributed by atoms with Gasteiger partial charge in [0.15, 0.2) is 11.0 Å². The number of nitrogens with zero attached hydrogens (tertiary/aromatic N) is 5. The summed E-state index contributed by atoms with van der Waals surface area (Å²) in [4.78, 5) is 0.922. The van der Waals surface area contributed by atoms with Crippen LogP contribution in [0.3, 0.4) is 0 Å². The third-order valence-electron chi connectivity index (χ3n) is 4.84. The average Bonchev–Trinajstić information content (AvgIpc) is 3.55. The molecule has 0 saturated carbocycles. The molecule has 1 unspecified atom stereocenters. The minimum atomic E-state index is -0.352. The first kappa shape index (κ1) is 20.6. The van der Waals surface area contributed by atoms with Crippen molar-refractivity contribution >= 4 is 23.1 Å². The van der Waals surface area contributed by atoms with Crippen molar-refractivity contribution in [2.24, 2.45) is 0 Å². The molecule has 3 aromatic heterocycles. The van der Waals surface area contributed by atoms with Crippen LogP contribution >= 0.6 is 23.1 Å². The standard InChI is InChI=1S/C23H18FN5OS2/c1-14-9-11-16(12-10-14)29-20(17-6-3-4-7-18(17)24)25-28-23(29)32-15(2)21-26-27-22(30-21)19-8-5-13-31-19/h3-13,15H,1-2H3. The Morgan fingerprint density at radius 1 is 0.969 bits per heavy atom. The largest absolute Gasteiger partial charge is 0.419 e. The van der Waals surface area contributed by atoms with Crippen molar-refractivity contribution in [1.82, 2.24) is 25.0 Å². The number of aromatic nitrogens is 5. The minimum absolute atomic E-state index is 0.182. The molecular formula is C23H18FN5OS2. The average molecular weight is 464 g/mol. The summed E-state index contributed by atoms with van der Waals surface area (Å²) >= 11 is 2.97. The Bertz CT molecular complexity index is 1350. The van der Waals surface area contributed by atoms with E-state index in [0.29, 0.717) is 28.3 Å². The molecule has 0 amide bonds. The molecule has 0 aliphatic carbocycles. The highest BCUT2D eigenvalue weighted by Gasteiger charge is 2.23. The summed E-state index contributed by atoms with van der Waals surface area (Å²) in [6.07, 6.45) is 0. The number of thiophene rings is 1. The third kappa shape index (κ3) is 3.96. The van der Waals surface area contributed by atoms with Gasteiger partial charge in [0.05, 0.1) is 15.7 Å². The van der Waals surface area contributed by atoms with Crippen LogP contribution in [0.15, 0.2) is 75.6 Å². The van der Waals surface area contributed by atoms with Gasteiger partial charge in [-0.3, -0.25) is 4.57 Å². The van der Waals surface area contributed by atoms with Gasteiger partial charge in [-0.05, 0) is 49.6 Å². The van der Waals surface area contributed by atoms with Crippen molar-refractivity contribution in [2.45, 2.75) is 24.3 Å². The molecule has 6 nitrogen and oxygen atoms in total. The molecule has 9 heteroatoms. The Balaban J connectivity index is 1.52. The normalized spacial score (nSPS) is 12.2. The number of rotatable bonds is 6. The Labute approximate surface area is 192 Å². The molecule has 0 bridgehead atoms. The maximum absolute atomic E-state index is 14.6. The summed E-state index contributed by atoms with van der Waals surface area (Å²) in [6, 6.07) is 18.4. The molecule has 0 spiro atoms. The van der Waals surface area contributed by atoms with Crippen molar-refractivity contribution in [1.29, 1.82) is 0 Å². The van der Waals surface area contributed by atoms with Gasteiger partial charge in [0.2, 0.25) is 5.89 Å². The number of aryl methyl sites for hydroxylation is 1. The minimum Gasteiger partial charge on any atom is -0.419 e. The van der Waals surface area contributed by atoms with Gasteiger partial charge < -0.3 is 4.42 Å². The topological polar surface area (TPSA) is 69.6 Å². The van der Waals surface area contributed by atoms with E-state index in [4.69, 9.17) is 4.42 Å². The zero-order valence-corrected chi connectivity index (χ0v) is 18.9. The number of halogens is 1. The lowest BCUT2D eigenvalue weighted by atomic mass is 10.2. The zero-order valence-electron chi connectivity index (χ0n) is 17.3. The molecule has 0 aliphatic heterocycles. The third-order valence-corrected chi connectivity index (χ3v) is 6.73. The molecular weight excluding hydrogens is 445 g/mol. The number of thioether (sulfide) groups is 1. The number of benzene rings is 2. The lowest BCUT2D eigenvalue weighted by molar-refractivity contribution is 0.510. The molecule has 2 aromatic carbocycles. The first-order valence-corrected chi connectivity index (χ1v) is 11.7. The van der Waals surface area contributed by atoms with Crippen LogP contribution in [-0.2, 0) is 0 Å². The van der Waals surface area contributed by atoms with Gasteiger partial charge in [0.25, 0.3) is 5.89 Å². The summed E-state index contributed by atoms with van der Waals surface area (Å²) in [5, 5.41) is 19.5. The molecule has 3 heterocycles. The fourth-order valence-corrected chi connectivity index (χ4v) is 4.74. The van der Waals surface area contributed by atoms with E-state index in [1.54, 1.807) is 29.5 Å². The van der Waals surface area contributed by atoms with Gasteiger partial charge in [0.1, 0.15) is 5.82 Å². The molecule has 5 rings (SSSR count). The van der Waals surface area contributed by atoms with Crippen molar-refractivity contribution in [3.8, 4) is 27.8 Å². The lowest BCUT2D eigenvalue weighted by Crippen LogP contribution is -2.02. The van der Waals surface area contributed by atoms with Crippen LogP contribution in [0.25, 0.3) is 27.8 Å². The molecule has 0 fully saturated rings. The van der Waals surface area contributed by atoms with Crippen molar-refractivity contribution in [3.05, 3.63) is 83.3 Å². The van der Waals surface area contributed by atoms with Crippen LogP contribution < -0.4 is 0 Å².